The van der Waals surface area contributed by atoms with E-state index in [1.165, 1.54) is 27.9 Å². The molecule has 0 amide bonds. The molecular weight excluding hydrogens is 948 g/mol. The van der Waals surface area contributed by atoms with Crippen LogP contribution in [0, 0.1) is 43.1 Å². The number of halogens is 1. The van der Waals surface area contributed by atoms with Crippen molar-refractivity contribution in [2.75, 3.05) is 0 Å². The summed E-state index contributed by atoms with van der Waals surface area (Å²) < 4.78 is 26.4. The van der Waals surface area contributed by atoms with Crippen molar-refractivity contribution in [2.24, 2.45) is 11.3 Å². The van der Waals surface area contributed by atoms with Gasteiger partial charge in [0, 0.05) is 54.5 Å². The van der Waals surface area contributed by atoms with E-state index < -0.39 is 8.07 Å². The maximum absolute atomic E-state index is 13.8. The second-order valence-corrected chi connectivity index (χ2v) is 23.9. The zero-order valence-electron chi connectivity index (χ0n) is 36.8. The number of pyridine rings is 2. The Morgan fingerprint density at radius 2 is 1.38 bits per heavy atom. The van der Waals surface area contributed by atoms with Gasteiger partial charge >= 0.3 is 0 Å². The molecule has 0 bridgehead atoms. The summed E-state index contributed by atoms with van der Waals surface area (Å²) in [5.41, 5.74) is 13.8. The molecule has 0 spiro atoms. The van der Waals surface area contributed by atoms with Crippen LogP contribution in [0.4, 0.5) is 4.39 Å². The number of aryl methyl sites for hydroxylation is 2. The average molecular weight is 1000 g/mol. The minimum atomic E-state index is -1.44. The van der Waals surface area contributed by atoms with Crippen molar-refractivity contribution in [2.45, 2.75) is 80.9 Å². The summed E-state index contributed by atoms with van der Waals surface area (Å²) in [7, 11) is -1.44. The van der Waals surface area contributed by atoms with Gasteiger partial charge in [-0.25, -0.2) is 4.39 Å². The van der Waals surface area contributed by atoms with E-state index in [0.29, 0.717) is 11.5 Å². The monoisotopic (exact) mass is 1000 g/mol. The summed E-state index contributed by atoms with van der Waals surface area (Å²) in [5, 5.41) is 5.83. The van der Waals surface area contributed by atoms with Crippen LogP contribution in [0.2, 0.25) is 19.6 Å². The maximum atomic E-state index is 13.8. The summed E-state index contributed by atoms with van der Waals surface area (Å²) in [6, 6.07) is 39.2. The Kier molecular flexibility index (Phi) is 12.4. The molecule has 61 heavy (non-hydrogen) atoms. The molecular formula is C54H53FIrN2O2Si-2. The number of aromatic nitrogens is 2. The van der Waals surface area contributed by atoms with Crippen molar-refractivity contribution >= 4 is 57.1 Å². The second kappa shape index (κ2) is 17.3. The minimum Gasteiger partial charge on any atom is -0.501 e. The van der Waals surface area contributed by atoms with Crippen LogP contribution in [-0.2, 0) is 32.9 Å². The summed E-state index contributed by atoms with van der Waals surface area (Å²) in [6.07, 6.45) is 6.00. The van der Waals surface area contributed by atoms with E-state index >= 15 is 0 Å². The van der Waals surface area contributed by atoms with Crippen molar-refractivity contribution in [1.29, 1.82) is 0 Å². The van der Waals surface area contributed by atoms with Gasteiger partial charge in [0.25, 0.3) is 0 Å². The fraction of sp³-hybridized carbons (Fsp3) is 0.259. The SMILES string of the molecule is Cc1c[c-]c(-c2cc(CC(C)C)c([Si](C)(C)C)cn2)cc1F.Cc1cnc(-c2[c-]ccc3c2oc2cc(-c4ccc5oc6ccccc6c5c4)ccc23)cc1CC(C)(C)C.[Ir]. The minimum absolute atomic E-state index is 0. The fourth-order valence-electron chi connectivity index (χ4n) is 8.09. The van der Waals surface area contributed by atoms with E-state index in [1.807, 2.05) is 36.7 Å². The third kappa shape index (κ3) is 9.35. The fourth-order valence-corrected chi connectivity index (χ4v) is 9.68. The van der Waals surface area contributed by atoms with Gasteiger partial charge in [-0.15, -0.1) is 42.0 Å². The molecule has 0 saturated carbocycles. The van der Waals surface area contributed by atoms with E-state index in [4.69, 9.17) is 13.8 Å². The van der Waals surface area contributed by atoms with Gasteiger partial charge in [-0.1, -0.05) is 137 Å². The molecule has 313 valence electrons. The van der Waals surface area contributed by atoms with Gasteiger partial charge < -0.3 is 18.8 Å². The molecule has 4 nitrogen and oxygen atoms in total. The van der Waals surface area contributed by atoms with Crippen molar-refractivity contribution in [3.8, 4) is 33.6 Å². The van der Waals surface area contributed by atoms with Crippen LogP contribution in [0.1, 0.15) is 56.9 Å². The molecule has 9 rings (SSSR count). The largest absolute Gasteiger partial charge is 0.501 e. The summed E-state index contributed by atoms with van der Waals surface area (Å²) in [6.45, 7) is 22.2. The Morgan fingerprint density at radius 3 is 2.11 bits per heavy atom. The first-order valence-corrected chi connectivity index (χ1v) is 24.4. The molecule has 5 aromatic carbocycles. The summed E-state index contributed by atoms with van der Waals surface area (Å²) in [4.78, 5) is 9.36. The van der Waals surface area contributed by atoms with Crippen LogP contribution in [0.5, 0.6) is 0 Å². The van der Waals surface area contributed by atoms with Crippen LogP contribution in [0.25, 0.3) is 77.5 Å². The number of nitrogens with zero attached hydrogens (tertiary/aromatic N) is 2. The van der Waals surface area contributed by atoms with Crippen LogP contribution < -0.4 is 5.19 Å². The number of hydrogen-bond donors (Lipinski definition) is 0. The number of benzene rings is 5. The number of hydrogen-bond acceptors (Lipinski definition) is 4. The molecule has 1 radical (unpaired) electrons. The first-order chi connectivity index (χ1) is 28.5. The van der Waals surface area contributed by atoms with Gasteiger partial charge in [0.1, 0.15) is 16.7 Å². The average Bonchev–Trinajstić information content (AvgIpc) is 3.76. The van der Waals surface area contributed by atoms with Crippen molar-refractivity contribution in [3.05, 3.63) is 150 Å². The molecule has 0 aliphatic heterocycles. The topological polar surface area (TPSA) is 52.1 Å². The summed E-state index contributed by atoms with van der Waals surface area (Å²) >= 11 is 0. The molecule has 0 aliphatic rings. The van der Waals surface area contributed by atoms with E-state index in [0.717, 1.165) is 90.4 Å². The van der Waals surface area contributed by atoms with E-state index in [-0.39, 0.29) is 31.3 Å². The molecule has 0 atom stereocenters. The third-order valence-corrected chi connectivity index (χ3v) is 13.2. The second-order valence-electron chi connectivity index (χ2n) is 18.9. The number of fused-ring (bicyclic) bond motifs is 6. The Bertz CT molecular complexity index is 3040. The molecule has 0 unspecified atom stereocenters. The molecule has 0 saturated heterocycles. The number of furan rings is 2. The molecule has 7 heteroatoms. The maximum Gasteiger partial charge on any atom is 0.135 e. The van der Waals surface area contributed by atoms with Crippen LogP contribution in [-0.4, -0.2) is 18.0 Å². The van der Waals surface area contributed by atoms with Gasteiger partial charge in [-0.3, -0.25) is 0 Å². The Balaban J connectivity index is 0.000000210. The standard InChI is InChI=1S/C35H28NO2.C19H25FNSi.Ir/c1-21-20-36-30(17-24(21)19-35(2,3)4)28-10-7-9-27-26-14-12-23(18-33(26)38-34(27)28)22-13-15-32-29(16-22)25-8-5-6-11-31(25)37-32;1-13(2)9-16-11-18(21-12-19(16)22(4,5)6)15-8-7-14(3)17(20)10-15;/h5-9,11-18,20H,19H2,1-4H3;7,10-13H,9H2,1-6H3;/q2*-1;. The van der Waals surface area contributed by atoms with Crippen molar-refractivity contribution in [1.82, 2.24) is 9.97 Å². The first-order valence-electron chi connectivity index (χ1n) is 20.9. The van der Waals surface area contributed by atoms with E-state index in [9.17, 15) is 4.39 Å². The van der Waals surface area contributed by atoms with Gasteiger partial charge in [-0.05, 0) is 88.6 Å². The van der Waals surface area contributed by atoms with E-state index in [2.05, 4.69) is 139 Å². The smallest absolute Gasteiger partial charge is 0.135 e. The van der Waals surface area contributed by atoms with Crippen LogP contribution in [0.15, 0.2) is 118 Å². The third-order valence-electron chi connectivity index (χ3n) is 11.1. The molecule has 4 aromatic heterocycles. The van der Waals surface area contributed by atoms with Crippen molar-refractivity contribution < 1.29 is 33.3 Å². The van der Waals surface area contributed by atoms with Gasteiger partial charge in [0.15, 0.2) is 0 Å². The van der Waals surface area contributed by atoms with Gasteiger partial charge in [0.2, 0.25) is 0 Å². The Morgan fingerprint density at radius 1 is 0.689 bits per heavy atom. The predicted octanol–water partition coefficient (Wildman–Crippen LogP) is 14.6. The molecule has 4 heterocycles. The summed E-state index contributed by atoms with van der Waals surface area (Å²) in [5.74, 6) is 0.388. The van der Waals surface area contributed by atoms with Gasteiger partial charge in [-0.2, -0.15) is 0 Å². The quantitative estimate of drug-likeness (QED) is 0.118. The Labute approximate surface area is 374 Å². The molecule has 0 aliphatic carbocycles. The molecule has 9 aromatic rings. The normalized spacial score (nSPS) is 12.0. The van der Waals surface area contributed by atoms with Crippen LogP contribution in [0.3, 0.4) is 0 Å². The Hall–Kier alpha value is -5.20. The van der Waals surface area contributed by atoms with Crippen LogP contribution >= 0.6 is 0 Å². The number of para-hydroxylation sites is 1. The zero-order valence-corrected chi connectivity index (χ0v) is 40.2. The number of rotatable bonds is 7. The van der Waals surface area contributed by atoms with Crippen molar-refractivity contribution in [3.63, 3.8) is 0 Å². The first kappa shape index (κ1) is 43.9. The molecule has 0 N–H and O–H groups in total. The predicted molar refractivity (Wildman–Crippen MR) is 251 cm³/mol. The molecule has 0 fully saturated rings. The van der Waals surface area contributed by atoms with Gasteiger partial charge in [0.05, 0.1) is 13.7 Å². The van der Waals surface area contributed by atoms with E-state index in [1.54, 1.807) is 13.0 Å². The zero-order chi connectivity index (χ0) is 42.5.